The van der Waals surface area contributed by atoms with Crippen molar-refractivity contribution in [2.24, 2.45) is 0 Å². The van der Waals surface area contributed by atoms with Crippen molar-refractivity contribution < 1.29 is 15.0 Å². The number of carbonyl (C=O) groups is 1. The highest BCUT2D eigenvalue weighted by atomic mass is 16.4. The third-order valence-corrected chi connectivity index (χ3v) is 7.48. The summed E-state index contributed by atoms with van der Waals surface area (Å²) in [7, 11) is 0. The molecule has 3 nitrogen and oxygen atoms in total. The van der Waals surface area contributed by atoms with Crippen molar-refractivity contribution in [1.82, 2.24) is 0 Å². The molecule has 43 heavy (non-hydrogen) atoms. The van der Waals surface area contributed by atoms with Crippen LogP contribution in [-0.2, 0) is 6.61 Å². The number of carboxylic acids is 1. The first-order valence-electron chi connectivity index (χ1n) is 14.5. The number of aromatic carboxylic acids is 1. The van der Waals surface area contributed by atoms with Crippen molar-refractivity contribution in [3.8, 4) is 0 Å². The Morgan fingerprint density at radius 2 is 1.02 bits per heavy atom. The van der Waals surface area contributed by atoms with Gasteiger partial charge in [0.15, 0.2) is 0 Å². The van der Waals surface area contributed by atoms with E-state index >= 15 is 0 Å². The molecular formula is C40H45O3-. The van der Waals surface area contributed by atoms with Gasteiger partial charge >= 0.3 is 0 Å². The van der Waals surface area contributed by atoms with Crippen molar-refractivity contribution in [2.75, 3.05) is 0 Å². The van der Waals surface area contributed by atoms with Crippen LogP contribution in [0.5, 0.6) is 0 Å². The summed E-state index contributed by atoms with van der Waals surface area (Å²) in [5.74, 6) is -1.14. The average Bonchev–Trinajstić information content (AvgIpc) is 2.96. The van der Waals surface area contributed by atoms with Crippen molar-refractivity contribution >= 4 is 18.1 Å². The predicted molar refractivity (Wildman–Crippen MR) is 183 cm³/mol. The number of aliphatic hydroxyl groups is 1. The second kappa shape index (κ2) is 17.5. The van der Waals surface area contributed by atoms with E-state index < -0.39 is 5.97 Å². The molecule has 0 spiro atoms. The van der Waals surface area contributed by atoms with Crippen LogP contribution < -0.4 is 5.11 Å². The lowest BCUT2D eigenvalue weighted by Crippen LogP contribution is -2.23. The molecule has 2 rings (SSSR count). The van der Waals surface area contributed by atoms with Crippen molar-refractivity contribution in [2.45, 2.75) is 62.0 Å². The van der Waals surface area contributed by atoms with Gasteiger partial charge in [0.25, 0.3) is 0 Å². The van der Waals surface area contributed by atoms with E-state index in [-0.39, 0.29) is 12.2 Å². The molecule has 0 amide bonds. The summed E-state index contributed by atoms with van der Waals surface area (Å²) in [6.45, 7) is 16.2. The minimum atomic E-state index is -1.14. The highest BCUT2D eigenvalue weighted by Gasteiger charge is 2.05. The van der Waals surface area contributed by atoms with Gasteiger partial charge in [-0.15, -0.1) is 0 Å². The van der Waals surface area contributed by atoms with Crippen LogP contribution in [0.3, 0.4) is 0 Å². The third kappa shape index (κ3) is 11.4. The summed E-state index contributed by atoms with van der Waals surface area (Å²) >= 11 is 0. The molecule has 0 radical (unpaired) electrons. The van der Waals surface area contributed by atoms with Crippen LogP contribution >= 0.6 is 0 Å². The highest BCUT2D eigenvalue weighted by Crippen LogP contribution is 2.21. The molecule has 0 heterocycles. The van der Waals surface area contributed by atoms with Gasteiger partial charge in [0, 0.05) is 5.56 Å². The summed E-state index contributed by atoms with van der Waals surface area (Å²) in [6, 6.07) is 7.47. The molecule has 224 valence electrons. The largest absolute Gasteiger partial charge is 0.545 e. The first kappa shape index (κ1) is 34.7. The molecule has 0 saturated heterocycles. The van der Waals surface area contributed by atoms with Crippen LogP contribution in [0.15, 0.2) is 119 Å². The van der Waals surface area contributed by atoms with E-state index in [1.54, 1.807) is 6.07 Å². The zero-order chi connectivity index (χ0) is 31.9. The molecule has 0 aliphatic rings. The number of hydrogen-bond acceptors (Lipinski definition) is 3. The fourth-order valence-corrected chi connectivity index (χ4v) is 4.28. The fraction of sp³-hybridized carbons (Fsp3) is 0.225. The van der Waals surface area contributed by atoms with Crippen LogP contribution in [0.4, 0.5) is 0 Å². The summed E-state index contributed by atoms with van der Waals surface area (Å²) in [4.78, 5) is 11.2. The molecule has 0 bridgehead atoms. The number of carbonyl (C=O) groups excluding carboxylic acids is 1. The first-order chi connectivity index (χ1) is 20.4. The minimum Gasteiger partial charge on any atom is -0.545 e. The lowest BCUT2D eigenvalue weighted by Gasteiger charge is -2.12. The number of rotatable bonds is 12. The molecule has 2 aromatic carbocycles. The summed E-state index contributed by atoms with van der Waals surface area (Å²) in [6.07, 6.45) is 28.9. The Morgan fingerprint density at radius 1 is 0.605 bits per heavy atom. The molecule has 0 aliphatic carbocycles. The topological polar surface area (TPSA) is 60.4 Å². The van der Waals surface area contributed by atoms with E-state index in [4.69, 9.17) is 0 Å². The quantitative estimate of drug-likeness (QED) is 0.258. The maximum absolute atomic E-state index is 11.2. The van der Waals surface area contributed by atoms with E-state index in [0.29, 0.717) is 0 Å². The van der Waals surface area contributed by atoms with Gasteiger partial charge in [0.1, 0.15) is 0 Å². The normalized spacial score (nSPS) is 14.1. The van der Waals surface area contributed by atoms with Crippen LogP contribution in [0.1, 0.15) is 77.0 Å². The van der Waals surface area contributed by atoms with E-state index in [2.05, 4.69) is 89.3 Å². The smallest absolute Gasteiger partial charge is 0.0718 e. The Kier molecular flexibility index (Phi) is 14.1. The third-order valence-electron chi connectivity index (χ3n) is 7.48. The van der Waals surface area contributed by atoms with E-state index in [1.165, 1.54) is 11.1 Å². The van der Waals surface area contributed by atoms with Gasteiger partial charge in [-0.2, -0.15) is 0 Å². The lowest BCUT2D eigenvalue weighted by molar-refractivity contribution is -0.255. The predicted octanol–water partition coefficient (Wildman–Crippen LogP) is 8.96. The zero-order valence-corrected chi connectivity index (χ0v) is 26.9. The molecule has 1 N–H and O–H groups in total. The molecular weight excluding hydrogens is 528 g/mol. The van der Waals surface area contributed by atoms with Crippen LogP contribution in [0, 0.1) is 27.7 Å². The molecule has 0 aliphatic heterocycles. The number of allylic oxidation sites excluding steroid dienone is 16. The van der Waals surface area contributed by atoms with Gasteiger partial charge in [-0.25, -0.2) is 0 Å². The van der Waals surface area contributed by atoms with Gasteiger partial charge in [-0.05, 0) is 94.3 Å². The van der Waals surface area contributed by atoms with E-state index in [0.717, 1.165) is 50.1 Å². The lowest BCUT2D eigenvalue weighted by atomic mass is 9.97. The Morgan fingerprint density at radius 3 is 1.49 bits per heavy atom. The Balaban J connectivity index is 1.91. The van der Waals surface area contributed by atoms with Crippen LogP contribution in [0.25, 0.3) is 12.2 Å². The fourth-order valence-electron chi connectivity index (χ4n) is 4.28. The van der Waals surface area contributed by atoms with Gasteiger partial charge in [0.05, 0.1) is 12.6 Å². The van der Waals surface area contributed by atoms with E-state index in [1.807, 2.05) is 69.4 Å². The first-order valence-corrected chi connectivity index (χ1v) is 14.5. The summed E-state index contributed by atoms with van der Waals surface area (Å²) in [5.41, 5.74) is 11.9. The summed E-state index contributed by atoms with van der Waals surface area (Å²) in [5, 5.41) is 20.6. The highest BCUT2D eigenvalue weighted by molar-refractivity contribution is 5.88. The molecule has 0 saturated carbocycles. The molecule has 0 aromatic heterocycles. The number of carboxylic acid groups (broad SMARTS) is 1. The van der Waals surface area contributed by atoms with E-state index in [9.17, 15) is 15.0 Å². The van der Waals surface area contributed by atoms with Crippen molar-refractivity contribution in [1.29, 1.82) is 0 Å². The van der Waals surface area contributed by atoms with Gasteiger partial charge < -0.3 is 15.0 Å². The van der Waals surface area contributed by atoms with Gasteiger partial charge in [-0.1, -0.05) is 132 Å². The Bertz CT molecular complexity index is 1580. The number of hydrogen-bond donors (Lipinski definition) is 1. The standard InChI is InChI=1S/C40H46O3/c1-28(15-11-17-30(3)19-21-36-23-24-38(27-41)33(6)32(36)5)13-9-10-14-29(2)16-12-18-31(4)20-22-37-25-26-39(40(42)43)35(8)34(37)7/h9-26,41H,27H2,1-8H3,(H,42,43)/p-1/b10-9+,15-11+,16-12+,21-19+,22-20+,28-13+,29-14+,30-17+,31-18+. The number of aliphatic hydroxyl groups excluding tert-OH is 1. The zero-order valence-electron chi connectivity index (χ0n) is 26.9. The monoisotopic (exact) mass is 573 g/mol. The van der Waals surface area contributed by atoms with Crippen molar-refractivity contribution in [3.05, 3.63) is 164 Å². The number of benzene rings is 2. The SMILES string of the molecule is CC(/C=C/C=C(C)/C=C/c1ccc(CO)c(C)c1C)=C\C=C\C=C(C)\C=C\C=C(C)\C=C\c1ccc(C(=O)[O-])c(C)c1C. The molecule has 0 unspecified atom stereocenters. The summed E-state index contributed by atoms with van der Waals surface area (Å²) < 4.78 is 0. The molecule has 0 fully saturated rings. The van der Waals surface area contributed by atoms with Gasteiger partial charge in [-0.3, -0.25) is 0 Å². The average molecular weight is 574 g/mol. The second-order valence-electron chi connectivity index (χ2n) is 10.9. The maximum Gasteiger partial charge on any atom is 0.0718 e. The van der Waals surface area contributed by atoms with Crippen LogP contribution in [-0.4, -0.2) is 11.1 Å². The molecule has 2 aromatic rings. The Labute approximate surface area is 258 Å². The van der Waals surface area contributed by atoms with Gasteiger partial charge in [0.2, 0.25) is 0 Å². The minimum absolute atomic E-state index is 0.0707. The second-order valence-corrected chi connectivity index (χ2v) is 10.9. The van der Waals surface area contributed by atoms with Crippen LogP contribution in [0.2, 0.25) is 0 Å². The van der Waals surface area contributed by atoms with Crippen molar-refractivity contribution in [3.63, 3.8) is 0 Å². The maximum atomic E-state index is 11.2. The molecule has 3 heteroatoms. The molecule has 0 atom stereocenters. The Hall–Kier alpha value is -4.47.